The minimum atomic E-state index is -0.279. The van der Waals surface area contributed by atoms with Gasteiger partial charge in [0, 0.05) is 23.5 Å². The third-order valence-electron chi connectivity index (χ3n) is 3.08. The second-order valence-electron chi connectivity index (χ2n) is 4.62. The van der Waals surface area contributed by atoms with Gasteiger partial charge in [-0.1, -0.05) is 5.16 Å². The smallest absolute Gasteiger partial charge is 0.251 e. The van der Waals surface area contributed by atoms with E-state index in [1.54, 1.807) is 48.8 Å². The lowest BCUT2D eigenvalue weighted by atomic mass is 10.1. The van der Waals surface area contributed by atoms with Crippen LogP contribution in [0.3, 0.4) is 0 Å². The first-order valence-electron chi connectivity index (χ1n) is 6.77. The van der Waals surface area contributed by atoms with Gasteiger partial charge in [-0.05, 0) is 36.4 Å². The Hall–Kier alpha value is -3.53. The number of carbonyl (C=O) groups is 1. The second kappa shape index (κ2) is 6.49. The Morgan fingerprint density at radius 3 is 2.61 bits per heavy atom. The lowest BCUT2D eigenvalue weighted by Gasteiger charge is -2.02. The predicted octanol–water partition coefficient (Wildman–Crippen LogP) is 1.93. The number of amides is 1. The largest absolute Gasteiger partial charge is 0.343 e. The molecule has 0 saturated carbocycles. The lowest BCUT2D eigenvalue weighted by molar-refractivity contribution is 0.0946. The van der Waals surface area contributed by atoms with Gasteiger partial charge < -0.3 is 9.84 Å². The summed E-state index contributed by atoms with van der Waals surface area (Å²) in [5, 5.41) is 15.3. The lowest BCUT2D eigenvalue weighted by Crippen LogP contribution is -2.22. The minimum Gasteiger partial charge on any atom is -0.343 e. The van der Waals surface area contributed by atoms with Crippen LogP contribution >= 0.6 is 0 Å². The number of nitriles is 1. The van der Waals surface area contributed by atoms with E-state index < -0.39 is 0 Å². The molecule has 3 rings (SSSR count). The van der Waals surface area contributed by atoms with E-state index in [0.717, 1.165) is 5.56 Å². The fourth-order valence-corrected chi connectivity index (χ4v) is 1.90. The number of rotatable bonds is 4. The van der Waals surface area contributed by atoms with E-state index in [0.29, 0.717) is 22.8 Å². The van der Waals surface area contributed by atoms with Gasteiger partial charge in [0.05, 0.1) is 18.2 Å². The van der Waals surface area contributed by atoms with E-state index in [-0.39, 0.29) is 12.5 Å². The van der Waals surface area contributed by atoms with E-state index in [1.807, 2.05) is 6.07 Å². The predicted molar refractivity (Wildman–Crippen MR) is 79.9 cm³/mol. The van der Waals surface area contributed by atoms with Crippen LogP contribution in [0.1, 0.15) is 21.8 Å². The van der Waals surface area contributed by atoms with Crippen LogP contribution in [0.15, 0.2) is 53.3 Å². The third kappa shape index (κ3) is 3.39. The molecule has 0 saturated heterocycles. The molecule has 1 amide bonds. The average molecular weight is 305 g/mol. The monoisotopic (exact) mass is 305 g/mol. The molecule has 0 radical (unpaired) electrons. The second-order valence-corrected chi connectivity index (χ2v) is 4.62. The molecule has 112 valence electrons. The van der Waals surface area contributed by atoms with Crippen LogP contribution in [0.2, 0.25) is 0 Å². The quantitative estimate of drug-likeness (QED) is 0.789. The maximum absolute atomic E-state index is 12.0. The minimum absolute atomic E-state index is 0.122. The van der Waals surface area contributed by atoms with Gasteiger partial charge in [0.1, 0.15) is 0 Å². The summed E-state index contributed by atoms with van der Waals surface area (Å²) in [4.78, 5) is 20.1. The van der Waals surface area contributed by atoms with E-state index in [4.69, 9.17) is 9.78 Å². The summed E-state index contributed by atoms with van der Waals surface area (Å²) in [6.07, 6.45) is 3.27. The van der Waals surface area contributed by atoms with Crippen LogP contribution in [-0.2, 0) is 6.54 Å². The van der Waals surface area contributed by atoms with Crippen molar-refractivity contribution in [1.82, 2.24) is 20.4 Å². The normalized spacial score (nSPS) is 10.0. The molecule has 23 heavy (non-hydrogen) atoms. The first kappa shape index (κ1) is 14.4. The molecule has 0 bridgehead atoms. The van der Waals surface area contributed by atoms with Crippen LogP contribution in [0.4, 0.5) is 0 Å². The number of nitrogens with one attached hydrogen (secondary N) is 1. The molecule has 1 aromatic carbocycles. The zero-order chi connectivity index (χ0) is 16.1. The molecule has 7 nitrogen and oxygen atoms in total. The van der Waals surface area contributed by atoms with Crippen LogP contribution in [-0.4, -0.2) is 21.0 Å². The van der Waals surface area contributed by atoms with Crippen LogP contribution < -0.4 is 5.32 Å². The van der Waals surface area contributed by atoms with Crippen molar-refractivity contribution in [2.24, 2.45) is 0 Å². The number of nitrogens with zero attached hydrogens (tertiary/aromatic N) is 4. The Kier molecular flexibility index (Phi) is 4.07. The van der Waals surface area contributed by atoms with Gasteiger partial charge in [-0.25, -0.2) is 0 Å². The Labute approximate surface area is 131 Å². The van der Waals surface area contributed by atoms with Crippen LogP contribution in [0.5, 0.6) is 0 Å². The molecule has 0 spiro atoms. The summed E-state index contributed by atoms with van der Waals surface area (Å²) in [5.41, 5.74) is 1.74. The van der Waals surface area contributed by atoms with Crippen molar-refractivity contribution in [3.8, 4) is 17.5 Å². The highest BCUT2D eigenvalue weighted by atomic mass is 16.5. The Morgan fingerprint density at radius 1 is 1.17 bits per heavy atom. The first-order chi connectivity index (χ1) is 11.3. The maximum atomic E-state index is 12.0. The number of hydrogen-bond donors (Lipinski definition) is 1. The van der Waals surface area contributed by atoms with Crippen molar-refractivity contribution in [2.45, 2.75) is 6.54 Å². The van der Waals surface area contributed by atoms with E-state index in [9.17, 15) is 4.79 Å². The molecule has 0 aliphatic carbocycles. The SMILES string of the molecule is N#Cc1ccc(C(=O)NCc2nc(-c3ccncc3)no2)cc1. The van der Waals surface area contributed by atoms with Crippen molar-refractivity contribution in [1.29, 1.82) is 5.26 Å². The van der Waals surface area contributed by atoms with E-state index in [2.05, 4.69) is 20.4 Å². The summed E-state index contributed by atoms with van der Waals surface area (Å²) in [6.45, 7) is 0.122. The molecule has 0 atom stereocenters. The van der Waals surface area contributed by atoms with Crippen molar-refractivity contribution in [2.75, 3.05) is 0 Å². The van der Waals surface area contributed by atoms with Crippen molar-refractivity contribution < 1.29 is 9.32 Å². The van der Waals surface area contributed by atoms with Crippen molar-refractivity contribution in [3.05, 3.63) is 65.8 Å². The molecule has 7 heteroatoms. The molecule has 2 heterocycles. The molecule has 1 N–H and O–H groups in total. The summed E-state index contributed by atoms with van der Waals surface area (Å²) in [7, 11) is 0. The fraction of sp³-hybridized carbons (Fsp3) is 0.0625. The number of pyridine rings is 1. The molecular formula is C16H11N5O2. The number of hydrogen-bond acceptors (Lipinski definition) is 6. The molecule has 0 unspecified atom stereocenters. The highest BCUT2D eigenvalue weighted by Gasteiger charge is 2.10. The van der Waals surface area contributed by atoms with Gasteiger partial charge in [0.2, 0.25) is 11.7 Å². The number of benzene rings is 1. The molecular weight excluding hydrogens is 294 g/mol. The summed E-state index contributed by atoms with van der Waals surface area (Å²) < 4.78 is 5.10. The van der Waals surface area contributed by atoms with Gasteiger partial charge >= 0.3 is 0 Å². The van der Waals surface area contributed by atoms with Gasteiger partial charge in [-0.15, -0.1) is 0 Å². The number of aromatic nitrogens is 3. The van der Waals surface area contributed by atoms with Crippen LogP contribution in [0.25, 0.3) is 11.4 Å². The Morgan fingerprint density at radius 2 is 1.91 bits per heavy atom. The van der Waals surface area contributed by atoms with Gasteiger partial charge in [-0.2, -0.15) is 10.2 Å². The van der Waals surface area contributed by atoms with Gasteiger partial charge in [0.15, 0.2) is 0 Å². The highest BCUT2D eigenvalue weighted by molar-refractivity contribution is 5.94. The molecule has 2 aromatic heterocycles. The summed E-state index contributed by atoms with van der Waals surface area (Å²) in [5.74, 6) is 0.465. The summed E-state index contributed by atoms with van der Waals surface area (Å²) >= 11 is 0. The molecule has 0 aliphatic heterocycles. The van der Waals surface area contributed by atoms with E-state index in [1.165, 1.54) is 0 Å². The number of carbonyl (C=O) groups excluding carboxylic acids is 1. The van der Waals surface area contributed by atoms with Gasteiger partial charge in [-0.3, -0.25) is 9.78 Å². The van der Waals surface area contributed by atoms with Crippen molar-refractivity contribution >= 4 is 5.91 Å². The molecule has 0 fully saturated rings. The van der Waals surface area contributed by atoms with E-state index >= 15 is 0 Å². The highest BCUT2D eigenvalue weighted by Crippen LogP contribution is 2.13. The third-order valence-corrected chi connectivity index (χ3v) is 3.08. The molecule has 3 aromatic rings. The topological polar surface area (TPSA) is 105 Å². The van der Waals surface area contributed by atoms with Gasteiger partial charge in [0.25, 0.3) is 5.91 Å². The fourth-order valence-electron chi connectivity index (χ4n) is 1.90. The zero-order valence-electron chi connectivity index (χ0n) is 11.9. The standard InChI is InChI=1S/C16H11N5O2/c17-9-11-1-3-13(4-2-11)16(22)19-10-14-20-15(21-23-14)12-5-7-18-8-6-12/h1-8H,10H2,(H,19,22). The summed E-state index contributed by atoms with van der Waals surface area (Å²) in [6, 6.07) is 11.9. The molecule has 0 aliphatic rings. The first-order valence-corrected chi connectivity index (χ1v) is 6.77. The average Bonchev–Trinajstić information content (AvgIpc) is 3.09. The maximum Gasteiger partial charge on any atom is 0.251 e. The Bertz CT molecular complexity index is 850. The Balaban J connectivity index is 1.63. The van der Waals surface area contributed by atoms with Crippen molar-refractivity contribution in [3.63, 3.8) is 0 Å². The van der Waals surface area contributed by atoms with Crippen LogP contribution in [0, 0.1) is 11.3 Å². The zero-order valence-corrected chi connectivity index (χ0v) is 11.9.